The van der Waals surface area contributed by atoms with Gasteiger partial charge in [0.05, 0.1) is 53.8 Å². The van der Waals surface area contributed by atoms with Crippen LogP contribution in [-0.2, 0) is 29.0 Å². The maximum atomic E-state index is 13.7. The van der Waals surface area contributed by atoms with Crippen molar-refractivity contribution in [2.45, 2.75) is 94.8 Å². The van der Waals surface area contributed by atoms with E-state index in [1.165, 1.54) is 51.4 Å². The number of carbonyl (C=O) groups excluding carboxylic acids is 1. The Morgan fingerprint density at radius 2 is 1.43 bits per heavy atom. The molecule has 7 rings (SSSR count). The molecule has 0 aromatic heterocycles. The van der Waals surface area contributed by atoms with Crippen LogP contribution in [-0.4, -0.2) is 54.6 Å². The van der Waals surface area contributed by atoms with Crippen molar-refractivity contribution < 1.29 is 35.6 Å². The molecular formula is C36H43Cl2F6N2O+. The zero-order valence-electron chi connectivity index (χ0n) is 26.6. The summed E-state index contributed by atoms with van der Waals surface area (Å²) in [7, 11) is 0. The molecule has 4 heterocycles. The highest BCUT2D eigenvalue weighted by atomic mass is 35.5. The molecule has 5 fully saturated rings. The van der Waals surface area contributed by atoms with Gasteiger partial charge in [-0.15, -0.1) is 0 Å². The van der Waals surface area contributed by atoms with Crippen LogP contribution >= 0.6 is 23.2 Å². The number of rotatable bonds is 7. The molecular weight excluding hydrogens is 661 g/mol. The van der Waals surface area contributed by atoms with Crippen molar-refractivity contribution in [2.24, 2.45) is 11.3 Å². The summed E-state index contributed by atoms with van der Waals surface area (Å²) in [5.74, 6) is 0.366. The third kappa shape index (κ3) is 7.33. The van der Waals surface area contributed by atoms with Crippen LogP contribution in [0.1, 0.15) is 92.9 Å². The molecule has 2 aromatic rings. The van der Waals surface area contributed by atoms with E-state index in [1.54, 1.807) is 11.0 Å². The largest absolute Gasteiger partial charge is 0.416 e. The summed E-state index contributed by atoms with van der Waals surface area (Å²) >= 11 is 12.8. The SMILES string of the molecule is O=C(Cc1cc(C(F)(F)F)cc(C(F)(F)F)c1)N1CCC[C@](CC[N+]23CCC(C4CCCCC4)(CC2)CC3)(c2ccc(Cl)c(Cl)c2)C1. The summed E-state index contributed by atoms with van der Waals surface area (Å²) < 4.78 is 82.1. The van der Waals surface area contributed by atoms with E-state index in [-0.39, 0.29) is 11.6 Å². The Balaban J connectivity index is 1.22. The number of amides is 1. The predicted molar refractivity (Wildman–Crippen MR) is 171 cm³/mol. The van der Waals surface area contributed by atoms with E-state index in [1.807, 2.05) is 12.1 Å². The molecule has 4 saturated heterocycles. The number of hydrogen-bond donors (Lipinski definition) is 0. The normalized spacial score (nSPS) is 28.9. The molecule has 0 unspecified atom stereocenters. The predicted octanol–water partition coefficient (Wildman–Crippen LogP) is 10.1. The van der Waals surface area contributed by atoms with Crippen LogP contribution in [0.5, 0.6) is 0 Å². The molecule has 3 nitrogen and oxygen atoms in total. The number of nitrogens with zero attached hydrogens (tertiary/aromatic N) is 2. The molecule has 1 saturated carbocycles. The van der Waals surface area contributed by atoms with Gasteiger partial charge in [-0.1, -0.05) is 48.5 Å². The quantitative estimate of drug-likeness (QED) is 0.208. The second-order valence-electron chi connectivity index (χ2n) is 14.9. The number of quaternary nitrogens is 1. The zero-order valence-corrected chi connectivity index (χ0v) is 28.1. The van der Waals surface area contributed by atoms with E-state index in [4.69, 9.17) is 23.2 Å². The highest BCUT2D eigenvalue weighted by Gasteiger charge is 2.53. The third-order valence-corrected chi connectivity index (χ3v) is 13.0. The van der Waals surface area contributed by atoms with Gasteiger partial charge in [-0.2, -0.15) is 26.3 Å². The minimum Gasteiger partial charge on any atom is -0.342 e. The minimum atomic E-state index is -4.97. The lowest BCUT2D eigenvalue weighted by Gasteiger charge is -2.58. The lowest BCUT2D eigenvalue weighted by Crippen LogP contribution is -2.64. The Kier molecular flexibility index (Phi) is 9.69. The lowest BCUT2D eigenvalue weighted by atomic mass is 9.59. The Labute approximate surface area is 283 Å². The van der Waals surface area contributed by atoms with Crippen molar-refractivity contribution in [2.75, 3.05) is 39.3 Å². The lowest BCUT2D eigenvalue weighted by molar-refractivity contribution is -0.946. The molecule has 1 aliphatic carbocycles. The minimum absolute atomic E-state index is 0.0948. The fourth-order valence-electron chi connectivity index (χ4n) is 9.37. The number of likely N-dealkylation sites (tertiary alicyclic amines) is 1. The monoisotopic (exact) mass is 703 g/mol. The number of alkyl halides is 6. The first kappa shape index (κ1) is 34.9. The Morgan fingerprint density at radius 3 is 2.00 bits per heavy atom. The van der Waals surface area contributed by atoms with Gasteiger partial charge in [-0.05, 0) is 78.5 Å². The molecule has 2 aromatic carbocycles. The maximum absolute atomic E-state index is 13.7. The first-order chi connectivity index (χ1) is 22.1. The Morgan fingerprint density at radius 1 is 0.809 bits per heavy atom. The van der Waals surface area contributed by atoms with Gasteiger partial charge in [0, 0.05) is 44.2 Å². The molecule has 2 bridgehead atoms. The highest BCUT2D eigenvalue weighted by molar-refractivity contribution is 6.42. The van der Waals surface area contributed by atoms with Gasteiger partial charge < -0.3 is 9.38 Å². The first-order valence-corrected chi connectivity index (χ1v) is 17.7. The van der Waals surface area contributed by atoms with E-state index < -0.39 is 41.2 Å². The summed E-state index contributed by atoms with van der Waals surface area (Å²) in [4.78, 5) is 15.3. The molecule has 47 heavy (non-hydrogen) atoms. The van der Waals surface area contributed by atoms with Crippen molar-refractivity contribution in [3.05, 3.63) is 68.7 Å². The van der Waals surface area contributed by atoms with Crippen LogP contribution in [0.2, 0.25) is 10.0 Å². The number of carbonyl (C=O) groups is 1. The van der Waals surface area contributed by atoms with Crippen LogP contribution in [0.15, 0.2) is 36.4 Å². The molecule has 4 aliphatic heterocycles. The molecule has 1 atom stereocenters. The smallest absolute Gasteiger partial charge is 0.342 e. The van der Waals surface area contributed by atoms with Gasteiger partial charge in [0.1, 0.15) is 0 Å². The van der Waals surface area contributed by atoms with Crippen LogP contribution in [0.25, 0.3) is 0 Å². The topological polar surface area (TPSA) is 20.3 Å². The standard InChI is InChI=1S/C36H43Cl2F6N2O/c37-30-8-7-27(23-31(30)38)34(13-18-46-15-10-33(11-16-46,12-17-46)26-5-2-1-3-6-26)9-4-14-45(24-34)32(47)21-25-19-28(35(39,40)41)22-29(20-25)36(42,43)44/h7-8,19-20,22-23,26H,1-6,9-18,21,24H2/q+1/t33?,34-,46?/m1/s1. The second-order valence-corrected chi connectivity index (χ2v) is 15.7. The number of halogens is 8. The molecule has 1 amide bonds. The van der Waals surface area contributed by atoms with Crippen LogP contribution < -0.4 is 0 Å². The molecule has 0 radical (unpaired) electrons. The van der Waals surface area contributed by atoms with Crippen LogP contribution in [0.3, 0.4) is 0 Å². The summed E-state index contributed by atoms with van der Waals surface area (Å²) in [5, 5.41) is 0.836. The van der Waals surface area contributed by atoms with Crippen LogP contribution in [0.4, 0.5) is 26.3 Å². The van der Waals surface area contributed by atoms with Gasteiger partial charge in [0.2, 0.25) is 5.91 Å². The van der Waals surface area contributed by atoms with Crippen LogP contribution in [0, 0.1) is 11.3 Å². The summed E-state index contributed by atoms with van der Waals surface area (Å²) in [6.45, 7) is 5.14. The first-order valence-electron chi connectivity index (χ1n) is 17.0. The average molecular weight is 705 g/mol. The number of benzene rings is 2. The summed E-state index contributed by atoms with van der Waals surface area (Å²) in [5.41, 5.74) is -2.14. The van der Waals surface area contributed by atoms with Gasteiger partial charge in [-0.3, -0.25) is 4.79 Å². The number of hydrogen-bond acceptors (Lipinski definition) is 1. The van der Waals surface area contributed by atoms with E-state index in [2.05, 4.69) is 0 Å². The zero-order chi connectivity index (χ0) is 33.7. The highest BCUT2D eigenvalue weighted by Crippen LogP contribution is 2.54. The maximum Gasteiger partial charge on any atom is 0.416 e. The molecule has 11 heteroatoms. The number of piperidine rings is 4. The van der Waals surface area contributed by atoms with Crippen molar-refractivity contribution >= 4 is 29.1 Å². The summed E-state index contributed by atoms with van der Waals surface area (Å²) in [6.07, 6.45) is 2.34. The summed E-state index contributed by atoms with van der Waals surface area (Å²) in [6, 6.07) is 6.97. The molecule has 5 aliphatic rings. The van der Waals surface area contributed by atoms with Gasteiger partial charge in [0.25, 0.3) is 0 Å². The number of fused-ring (bicyclic) bond motifs is 3. The second kappa shape index (κ2) is 13.1. The van der Waals surface area contributed by atoms with Gasteiger partial charge in [0.15, 0.2) is 0 Å². The van der Waals surface area contributed by atoms with Gasteiger partial charge >= 0.3 is 12.4 Å². The van der Waals surface area contributed by atoms with Gasteiger partial charge in [-0.25, -0.2) is 0 Å². The van der Waals surface area contributed by atoms with E-state index in [0.29, 0.717) is 47.1 Å². The van der Waals surface area contributed by atoms with E-state index >= 15 is 0 Å². The van der Waals surface area contributed by atoms with E-state index in [9.17, 15) is 31.1 Å². The fraction of sp³-hybridized carbons (Fsp3) is 0.639. The molecule has 0 N–H and O–H groups in total. The molecule has 258 valence electrons. The van der Waals surface area contributed by atoms with Crippen molar-refractivity contribution in [1.29, 1.82) is 0 Å². The van der Waals surface area contributed by atoms with Crippen molar-refractivity contribution in [1.82, 2.24) is 4.90 Å². The third-order valence-electron chi connectivity index (χ3n) is 12.3. The fourth-order valence-corrected chi connectivity index (χ4v) is 9.66. The van der Waals surface area contributed by atoms with Crippen molar-refractivity contribution in [3.63, 3.8) is 0 Å². The Hall–Kier alpha value is -1.97. The Bertz CT molecular complexity index is 1410. The molecule has 0 spiro atoms. The average Bonchev–Trinajstić information content (AvgIpc) is 3.05. The van der Waals surface area contributed by atoms with Crippen molar-refractivity contribution in [3.8, 4) is 0 Å². The van der Waals surface area contributed by atoms with E-state index in [0.717, 1.165) is 55.0 Å².